The van der Waals surface area contributed by atoms with Crippen molar-refractivity contribution in [3.05, 3.63) is 16.6 Å². The molecule has 2 rings (SSSR count). The summed E-state index contributed by atoms with van der Waals surface area (Å²) in [6.07, 6.45) is 3.93. The predicted octanol–water partition coefficient (Wildman–Crippen LogP) is 1.38. The van der Waals surface area contributed by atoms with Crippen LogP contribution in [0.4, 0.5) is 0 Å². The molecular weight excluding hydrogens is 172 g/mol. The molecule has 1 aliphatic rings. The highest BCUT2D eigenvalue weighted by molar-refractivity contribution is 7.11. The fourth-order valence-electron chi connectivity index (χ4n) is 1.40. The van der Waals surface area contributed by atoms with Gasteiger partial charge < -0.3 is 4.90 Å². The monoisotopic (exact) mass is 182 g/mol. The van der Waals surface area contributed by atoms with Crippen molar-refractivity contribution in [3.8, 4) is 0 Å². The third-order valence-electron chi connectivity index (χ3n) is 2.04. The molecule has 0 aliphatic carbocycles. The van der Waals surface area contributed by atoms with Gasteiger partial charge >= 0.3 is 0 Å². The minimum absolute atomic E-state index is 0.148. The molecule has 3 nitrogen and oxygen atoms in total. The van der Waals surface area contributed by atoms with Gasteiger partial charge in [-0.15, -0.1) is 11.3 Å². The van der Waals surface area contributed by atoms with Gasteiger partial charge in [-0.25, -0.2) is 0 Å². The van der Waals surface area contributed by atoms with Crippen molar-refractivity contribution in [3.63, 3.8) is 0 Å². The Morgan fingerprint density at radius 3 is 2.83 bits per heavy atom. The summed E-state index contributed by atoms with van der Waals surface area (Å²) in [4.78, 5) is 18.1. The third-order valence-corrected chi connectivity index (χ3v) is 2.80. The molecule has 1 aromatic heterocycles. The average molecular weight is 182 g/mol. The Morgan fingerprint density at radius 2 is 2.25 bits per heavy atom. The molecule has 0 unspecified atom stereocenters. The van der Waals surface area contributed by atoms with E-state index in [2.05, 4.69) is 4.98 Å². The Kier molecular flexibility index (Phi) is 2.08. The van der Waals surface area contributed by atoms with Gasteiger partial charge in [0.1, 0.15) is 4.88 Å². The molecule has 64 valence electrons. The zero-order chi connectivity index (χ0) is 8.39. The normalized spacial score (nSPS) is 16.8. The second-order valence-corrected chi connectivity index (χ2v) is 3.75. The molecule has 0 radical (unpaired) electrons. The minimum atomic E-state index is 0.148. The van der Waals surface area contributed by atoms with E-state index in [9.17, 15) is 4.79 Å². The molecular formula is C8H10N2OS. The van der Waals surface area contributed by atoms with Crippen molar-refractivity contribution < 1.29 is 4.79 Å². The number of rotatable bonds is 1. The number of likely N-dealkylation sites (tertiary alicyclic amines) is 1. The van der Waals surface area contributed by atoms with Crippen LogP contribution in [0.5, 0.6) is 0 Å². The van der Waals surface area contributed by atoms with E-state index in [1.807, 2.05) is 4.90 Å². The van der Waals surface area contributed by atoms with Crippen molar-refractivity contribution in [2.75, 3.05) is 13.1 Å². The summed E-state index contributed by atoms with van der Waals surface area (Å²) < 4.78 is 0. The molecule has 0 aromatic carbocycles. The highest BCUT2D eigenvalue weighted by atomic mass is 32.1. The molecule has 1 saturated heterocycles. The summed E-state index contributed by atoms with van der Waals surface area (Å²) in [5.41, 5.74) is 1.70. The highest BCUT2D eigenvalue weighted by Gasteiger charge is 2.19. The first-order valence-corrected chi connectivity index (χ1v) is 4.93. The van der Waals surface area contributed by atoms with Gasteiger partial charge in [0.25, 0.3) is 5.91 Å². The average Bonchev–Trinajstić information content (AvgIpc) is 2.77. The second-order valence-electron chi connectivity index (χ2n) is 2.86. The van der Waals surface area contributed by atoms with E-state index < -0.39 is 0 Å². The Labute approximate surface area is 75.0 Å². The van der Waals surface area contributed by atoms with E-state index in [0.717, 1.165) is 30.8 Å². The maximum Gasteiger partial charge on any atom is 0.265 e. The highest BCUT2D eigenvalue weighted by Crippen LogP contribution is 2.14. The number of hydrogen-bond acceptors (Lipinski definition) is 3. The number of amides is 1. The fourth-order valence-corrected chi connectivity index (χ4v) is 1.98. The number of carbonyl (C=O) groups is 1. The lowest BCUT2D eigenvalue weighted by Crippen LogP contribution is -2.26. The first kappa shape index (κ1) is 7.73. The van der Waals surface area contributed by atoms with Crippen LogP contribution in [0, 0.1) is 0 Å². The molecule has 0 bridgehead atoms. The van der Waals surface area contributed by atoms with Crippen LogP contribution in [0.15, 0.2) is 11.7 Å². The van der Waals surface area contributed by atoms with Gasteiger partial charge in [0.2, 0.25) is 0 Å². The van der Waals surface area contributed by atoms with Gasteiger partial charge in [-0.1, -0.05) is 0 Å². The summed E-state index contributed by atoms with van der Waals surface area (Å²) in [6, 6.07) is 0. The molecule has 1 aliphatic heterocycles. The fraction of sp³-hybridized carbons (Fsp3) is 0.500. The van der Waals surface area contributed by atoms with E-state index in [-0.39, 0.29) is 5.91 Å². The van der Waals surface area contributed by atoms with E-state index >= 15 is 0 Å². The van der Waals surface area contributed by atoms with E-state index in [0.29, 0.717) is 0 Å². The van der Waals surface area contributed by atoms with Gasteiger partial charge in [-0.3, -0.25) is 9.78 Å². The topological polar surface area (TPSA) is 33.2 Å². The molecule has 1 aromatic rings. The quantitative estimate of drug-likeness (QED) is 0.657. The van der Waals surface area contributed by atoms with Crippen LogP contribution in [-0.4, -0.2) is 28.9 Å². The SMILES string of the molecule is O=C(c1cncs1)N1CCCC1. The first-order valence-electron chi connectivity index (χ1n) is 4.06. The Balaban J connectivity index is 2.09. The Morgan fingerprint density at radius 1 is 1.50 bits per heavy atom. The van der Waals surface area contributed by atoms with Crippen molar-refractivity contribution in [2.45, 2.75) is 12.8 Å². The molecule has 0 atom stereocenters. The lowest BCUT2D eigenvalue weighted by atomic mass is 10.4. The van der Waals surface area contributed by atoms with Crippen molar-refractivity contribution in [1.82, 2.24) is 9.88 Å². The summed E-state index contributed by atoms with van der Waals surface area (Å²) in [6.45, 7) is 1.83. The van der Waals surface area contributed by atoms with Crippen LogP contribution in [-0.2, 0) is 0 Å². The van der Waals surface area contributed by atoms with Crippen LogP contribution in [0.25, 0.3) is 0 Å². The van der Waals surface area contributed by atoms with Crippen molar-refractivity contribution >= 4 is 17.2 Å². The first-order chi connectivity index (χ1) is 5.88. The van der Waals surface area contributed by atoms with Crippen molar-refractivity contribution in [2.24, 2.45) is 0 Å². The van der Waals surface area contributed by atoms with Crippen molar-refractivity contribution in [1.29, 1.82) is 0 Å². The second kappa shape index (κ2) is 3.23. The van der Waals surface area contributed by atoms with Gasteiger partial charge in [0, 0.05) is 13.1 Å². The predicted molar refractivity (Wildman–Crippen MR) is 47.3 cm³/mol. The standard InChI is InChI=1S/C8H10N2OS/c11-8(7-5-9-6-12-7)10-3-1-2-4-10/h5-6H,1-4H2. The smallest absolute Gasteiger partial charge is 0.265 e. The van der Waals surface area contributed by atoms with Crippen LogP contribution in [0.3, 0.4) is 0 Å². The lowest BCUT2D eigenvalue weighted by molar-refractivity contribution is 0.0797. The van der Waals surface area contributed by atoms with Crippen LogP contribution < -0.4 is 0 Å². The van der Waals surface area contributed by atoms with Gasteiger partial charge in [-0.2, -0.15) is 0 Å². The molecule has 0 saturated carbocycles. The molecule has 0 N–H and O–H groups in total. The molecule has 12 heavy (non-hydrogen) atoms. The van der Waals surface area contributed by atoms with E-state index in [4.69, 9.17) is 0 Å². The third kappa shape index (κ3) is 1.34. The maximum absolute atomic E-state index is 11.6. The number of hydrogen-bond donors (Lipinski definition) is 0. The maximum atomic E-state index is 11.6. The summed E-state index contributed by atoms with van der Waals surface area (Å²) in [5.74, 6) is 0.148. The molecule has 1 fully saturated rings. The zero-order valence-corrected chi connectivity index (χ0v) is 7.51. The van der Waals surface area contributed by atoms with Crippen LogP contribution in [0.2, 0.25) is 0 Å². The van der Waals surface area contributed by atoms with Gasteiger partial charge in [0.05, 0.1) is 11.7 Å². The van der Waals surface area contributed by atoms with Crippen LogP contribution in [0.1, 0.15) is 22.5 Å². The minimum Gasteiger partial charge on any atom is -0.338 e. The molecule has 1 amide bonds. The lowest BCUT2D eigenvalue weighted by Gasteiger charge is -2.12. The number of aromatic nitrogens is 1. The van der Waals surface area contributed by atoms with Gasteiger partial charge in [0.15, 0.2) is 0 Å². The largest absolute Gasteiger partial charge is 0.338 e. The molecule has 4 heteroatoms. The molecule has 2 heterocycles. The van der Waals surface area contributed by atoms with Gasteiger partial charge in [-0.05, 0) is 12.8 Å². The molecule has 0 spiro atoms. The van der Waals surface area contributed by atoms with Crippen LogP contribution >= 0.6 is 11.3 Å². The zero-order valence-electron chi connectivity index (χ0n) is 6.69. The Hall–Kier alpha value is -0.900. The summed E-state index contributed by atoms with van der Waals surface area (Å²) >= 11 is 1.42. The Bertz CT molecular complexity index is 265. The summed E-state index contributed by atoms with van der Waals surface area (Å²) in [7, 11) is 0. The number of carbonyl (C=O) groups excluding carboxylic acids is 1. The summed E-state index contributed by atoms with van der Waals surface area (Å²) in [5, 5.41) is 0. The number of thiazole rings is 1. The van der Waals surface area contributed by atoms with E-state index in [1.54, 1.807) is 11.7 Å². The number of nitrogens with zero attached hydrogens (tertiary/aromatic N) is 2. The van der Waals surface area contributed by atoms with E-state index in [1.165, 1.54) is 11.3 Å².